The molecule has 1 aromatic rings. The normalized spacial score (nSPS) is 8.71. The van der Waals surface area contributed by atoms with Crippen LogP contribution in [0.4, 0.5) is 0 Å². The molecule has 0 aliphatic heterocycles. The number of methoxy groups -OCH3 is 1. The smallest absolute Gasteiger partial charge is 0.241 e. The van der Waals surface area contributed by atoms with Crippen molar-refractivity contribution in [1.29, 1.82) is 0 Å². The van der Waals surface area contributed by atoms with E-state index in [9.17, 15) is 0 Å². The first kappa shape index (κ1) is 4.18. The topological polar surface area (TPSA) is 37.9 Å². The predicted octanol–water partition coefficient (Wildman–Crippen LogP) is 0.218. The fourth-order valence-corrected chi connectivity index (χ4v) is 0.321. The summed E-state index contributed by atoms with van der Waals surface area (Å²) in [6.45, 7) is 0. The summed E-state index contributed by atoms with van der Waals surface area (Å²) in [6.07, 6.45) is 4.14. The van der Waals surface area contributed by atoms with Gasteiger partial charge in [-0.3, -0.25) is 0 Å². The van der Waals surface area contributed by atoms with Gasteiger partial charge in [-0.05, 0) is 0 Å². The van der Waals surface area contributed by atoms with Gasteiger partial charge in [0.15, 0.2) is 0 Å². The van der Waals surface area contributed by atoms with E-state index in [1.54, 1.807) is 7.11 Å². The fraction of sp³-hybridized carbons (Fsp3) is 0.250. The van der Waals surface area contributed by atoms with Crippen molar-refractivity contribution >= 4 is 0 Å². The maximum atomic E-state index is 4.66. The molecule has 0 saturated heterocycles. The Bertz CT molecular complexity index is 124. The van der Waals surface area contributed by atoms with Crippen LogP contribution in [0.1, 0.15) is 0 Å². The van der Waals surface area contributed by atoms with E-state index in [-0.39, 0.29) is 0 Å². The molecule has 0 saturated carbocycles. The van der Waals surface area contributed by atoms with Crippen LogP contribution < -0.4 is 4.74 Å². The summed E-state index contributed by atoms with van der Waals surface area (Å²) in [6, 6.07) is 0. The van der Waals surface area contributed by atoms with Gasteiger partial charge in [0.25, 0.3) is 0 Å². The van der Waals surface area contributed by atoms with E-state index in [0.717, 1.165) is 0 Å². The highest BCUT2D eigenvalue weighted by Gasteiger charge is 1.85. The standard InChI is InChI=1S/C4H5N2O/c1-7-4-2-5-3-6-4/h3H,1H3,(H,5,6). The summed E-state index contributed by atoms with van der Waals surface area (Å²) in [4.78, 5) is 6.32. The van der Waals surface area contributed by atoms with Gasteiger partial charge in [-0.25, -0.2) is 4.98 Å². The van der Waals surface area contributed by atoms with Gasteiger partial charge in [-0.1, -0.05) is 0 Å². The van der Waals surface area contributed by atoms with Gasteiger partial charge >= 0.3 is 0 Å². The predicted molar refractivity (Wildman–Crippen MR) is 24.0 cm³/mol. The van der Waals surface area contributed by atoms with E-state index < -0.39 is 0 Å². The molecule has 1 radical (unpaired) electrons. The molecule has 0 aliphatic rings. The molecule has 37 valence electrons. The monoisotopic (exact) mass is 97.0 g/mol. The van der Waals surface area contributed by atoms with Crippen LogP contribution in [-0.2, 0) is 0 Å². The zero-order valence-electron chi connectivity index (χ0n) is 3.93. The Balaban J connectivity index is 2.76. The number of H-pyrrole nitrogens is 1. The lowest BCUT2D eigenvalue weighted by Gasteiger charge is -1.83. The molecule has 1 rings (SSSR count). The number of nitrogens with one attached hydrogen (secondary N) is 1. The van der Waals surface area contributed by atoms with Gasteiger partial charge in [0, 0.05) is 0 Å². The number of imidazole rings is 1. The third kappa shape index (κ3) is 0.707. The third-order valence-electron chi connectivity index (χ3n) is 0.619. The van der Waals surface area contributed by atoms with Crippen molar-refractivity contribution in [3.8, 4) is 5.88 Å². The maximum absolute atomic E-state index is 4.66. The van der Waals surface area contributed by atoms with Crippen molar-refractivity contribution in [2.24, 2.45) is 0 Å². The molecule has 1 N–H and O–H groups in total. The molecule has 3 nitrogen and oxygen atoms in total. The molecule has 0 aromatic carbocycles. The Morgan fingerprint density at radius 1 is 2.00 bits per heavy atom. The molecular formula is C4H5N2O. The number of nitrogens with zero attached hydrogens (tertiary/aromatic N) is 1. The number of hydrogen-bond acceptors (Lipinski definition) is 2. The van der Waals surface area contributed by atoms with Gasteiger partial charge in [0.2, 0.25) is 5.88 Å². The minimum absolute atomic E-state index is 0.500. The molecule has 0 amide bonds. The van der Waals surface area contributed by atoms with Crippen molar-refractivity contribution in [3.63, 3.8) is 0 Å². The van der Waals surface area contributed by atoms with E-state index >= 15 is 0 Å². The van der Waals surface area contributed by atoms with Crippen LogP contribution in [0.15, 0.2) is 6.33 Å². The van der Waals surface area contributed by atoms with Crippen molar-refractivity contribution in [2.45, 2.75) is 0 Å². The average molecular weight is 97.1 g/mol. The Hall–Kier alpha value is -0.990. The lowest BCUT2D eigenvalue weighted by atomic mass is 10.9. The number of ether oxygens (including phenoxy) is 1. The van der Waals surface area contributed by atoms with Crippen LogP contribution in [0, 0.1) is 6.20 Å². The maximum Gasteiger partial charge on any atom is 0.241 e. The van der Waals surface area contributed by atoms with Gasteiger partial charge in [-0.15, -0.1) is 0 Å². The fourth-order valence-electron chi connectivity index (χ4n) is 0.321. The highest BCUT2D eigenvalue weighted by molar-refractivity contribution is 4.97. The summed E-state index contributed by atoms with van der Waals surface area (Å²) in [5.74, 6) is 0.500. The lowest BCUT2D eigenvalue weighted by Crippen LogP contribution is -1.79. The molecule has 0 spiro atoms. The summed E-state index contributed by atoms with van der Waals surface area (Å²) in [5.41, 5.74) is 0. The van der Waals surface area contributed by atoms with Crippen LogP contribution in [-0.4, -0.2) is 17.1 Å². The summed E-state index contributed by atoms with van der Waals surface area (Å²) < 4.78 is 4.66. The Morgan fingerprint density at radius 3 is 3.14 bits per heavy atom. The van der Waals surface area contributed by atoms with Crippen molar-refractivity contribution in [1.82, 2.24) is 9.97 Å². The van der Waals surface area contributed by atoms with E-state index in [1.165, 1.54) is 6.33 Å². The quantitative estimate of drug-likeness (QED) is 0.544. The first-order valence-corrected chi connectivity index (χ1v) is 1.88. The van der Waals surface area contributed by atoms with E-state index in [4.69, 9.17) is 0 Å². The van der Waals surface area contributed by atoms with Crippen molar-refractivity contribution in [2.75, 3.05) is 7.11 Å². The second kappa shape index (κ2) is 1.64. The van der Waals surface area contributed by atoms with E-state index in [2.05, 4.69) is 20.9 Å². The third-order valence-corrected chi connectivity index (χ3v) is 0.619. The van der Waals surface area contributed by atoms with Crippen molar-refractivity contribution < 1.29 is 4.74 Å². The summed E-state index contributed by atoms with van der Waals surface area (Å²) in [5, 5.41) is 0. The second-order valence-electron chi connectivity index (χ2n) is 1.04. The van der Waals surface area contributed by atoms with Crippen LogP contribution >= 0.6 is 0 Å². The largest absolute Gasteiger partial charge is 0.479 e. The minimum atomic E-state index is 0.500. The van der Waals surface area contributed by atoms with Gasteiger partial charge < -0.3 is 9.72 Å². The molecule has 1 aromatic heterocycles. The van der Waals surface area contributed by atoms with Crippen molar-refractivity contribution in [3.05, 3.63) is 12.5 Å². The molecule has 7 heavy (non-hydrogen) atoms. The number of rotatable bonds is 1. The van der Waals surface area contributed by atoms with Gasteiger partial charge in [0.1, 0.15) is 6.20 Å². The average Bonchev–Trinajstić information content (AvgIpc) is 2.14. The van der Waals surface area contributed by atoms with Crippen LogP contribution in [0.25, 0.3) is 0 Å². The molecule has 0 atom stereocenters. The zero-order chi connectivity index (χ0) is 5.11. The SMILES string of the molecule is COc1[c][nH]cn1. The van der Waals surface area contributed by atoms with Gasteiger partial charge in [0.05, 0.1) is 13.4 Å². The summed E-state index contributed by atoms with van der Waals surface area (Å²) in [7, 11) is 1.55. The number of aromatic amines is 1. The molecule has 0 bridgehead atoms. The molecule has 3 heteroatoms. The molecule has 0 aliphatic carbocycles. The highest BCUT2D eigenvalue weighted by Crippen LogP contribution is 1.96. The molecule has 0 unspecified atom stereocenters. The summed E-state index contributed by atoms with van der Waals surface area (Å²) >= 11 is 0. The molecule has 1 heterocycles. The van der Waals surface area contributed by atoms with E-state index in [0.29, 0.717) is 5.88 Å². The Morgan fingerprint density at radius 2 is 2.86 bits per heavy atom. The van der Waals surface area contributed by atoms with Crippen LogP contribution in [0.3, 0.4) is 0 Å². The van der Waals surface area contributed by atoms with Crippen LogP contribution in [0.5, 0.6) is 5.88 Å². The second-order valence-corrected chi connectivity index (χ2v) is 1.04. The first-order chi connectivity index (χ1) is 3.43. The number of hydrogen-bond donors (Lipinski definition) is 1. The highest BCUT2D eigenvalue weighted by atomic mass is 16.5. The zero-order valence-corrected chi connectivity index (χ0v) is 3.93. The Labute approximate surface area is 41.3 Å². The van der Waals surface area contributed by atoms with Gasteiger partial charge in [-0.2, -0.15) is 0 Å². The molecule has 0 fully saturated rings. The van der Waals surface area contributed by atoms with E-state index in [1.807, 2.05) is 0 Å². The number of aromatic nitrogens is 2. The molecular weight excluding hydrogens is 92.1 g/mol. The Kier molecular flexibility index (Phi) is 0.978. The first-order valence-electron chi connectivity index (χ1n) is 1.88. The lowest BCUT2D eigenvalue weighted by molar-refractivity contribution is 0.399. The minimum Gasteiger partial charge on any atom is -0.479 e. The van der Waals surface area contributed by atoms with Crippen LogP contribution in [0.2, 0.25) is 0 Å².